The van der Waals surface area contributed by atoms with Gasteiger partial charge in [0, 0.05) is 5.41 Å². The van der Waals surface area contributed by atoms with Gasteiger partial charge in [-0.1, -0.05) is 51.2 Å². The van der Waals surface area contributed by atoms with E-state index in [1.54, 1.807) is 12.1 Å². The van der Waals surface area contributed by atoms with E-state index in [0.717, 1.165) is 63.4 Å². The third-order valence-corrected chi connectivity index (χ3v) is 7.33. The number of benzene rings is 1. The summed E-state index contributed by atoms with van der Waals surface area (Å²) in [6.07, 6.45) is 5.15. The molecule has 0 aliphatic heterocycles. The topological polar surface area (TPSA) is 46.5 Å². The van der Waals surface area contributed by atoms with Crippen molar-refractivity contribution >= 4 is 5.97 Å². The number of aliphatic carboxylic acids is 1. The molecule has 2 aliphatic carbocycles. The van der Waals surface area contributed by atoms with Crippen molar-refractivity contribution in [2.45, 2.75) is 89.3 Å². The van der Waals surface area contributed by atoms with Gasteiger partial charge in [0.15, 0.2) is 0 Å². The van der Waals surface area contributed by atoms with Crippen LogP contribution in [-0.4, -0.2) is 17.4 Å². The highest BCUT2D eigenvalue weighted by atomic mass is 19.4. The van der Waals surface area contributed by atoms with Crippen molar-refractivity contribution in [3.8, 4) is 5.75 Å². The van der Waals surface area contributed by atoms with Crippen molar-refractivity contribution in [2.24, 2.45) is 11.3 Å². The molecule has 0 atom stereocenters. The Kier molecular flexibility index (Phi) is 6.49. The lowest BCUT2D eigenvalue weighted by atomic mass is 9.49. The number of halogens is 3. The lowest BCUT2D eigenvalue weighted by molar-refractivity contribution is -0.274. The van der Waals surface area contributed by atoms with Crippen molar-refractivity contribution in [1.82, 2.24) is 0 Å². The number of rotatable bonds is 6. The SMILES string of the molecule is CCCC1CCC(c2ccc(OC(F)(F)F)cc2)(C2(C(=O)O)CCCCC2)CC1. The van der Waals surface area contributed by atoms with Crippen LogP contribution in [0.15, 0.2) is 24.3 Å². The zero-order chi connectivity index (χ0) is 21.1. The summed E-state index contributed by atoms with van der Waals surface area (Å²) < 4.78 is 41.7. The molecule has 1 N–H and O–H groups in total. The maximum Gasteiger partial charge on any atom is 0.573 e. The lowest BCUT2D eigenvalue weighted by Gasteiger charge is -2.53. The summed E-state index contributed by atoms with van der Waals surface area (Å²) in [5.74, 6) is -0.402. The molecule has 3 rings (SSSR count). The number of hydrogen-bond donors (Lipinski definition) is 1. The van der Waals surface area contributed by atoms with Crippen molar-refractivity contribution < 1.29 is 27.8 Å². The van der Waals surface area contributed by atoms with Crippen LogP contribution in [0.2, 0.25) is 0 Å². The fourth-order valence-corrected chi connectivity index (χ4v) is 5.94. The summed E-state index contributed by atoms with van der Waals surface area (Å²) in [7, 11) is 0. The molecule has 3 nitrogen and oxygen atoms in total. The first kappa shape index (κ1) is 22.0. The zero-order valence-electron chi connectivity index (χ0n) is 17.1. The molecule has 0 bridgehead atoms. The molecule has 29 heavy (non-hydrogen) atoms. The highest BCUT2D eigenvalue weighted by Crippen LogP contribution is 2.59. The predicted molar refractivity (Wildman–Crippen MR) is 105 cm³/mol. The zero-order valence-corrected chi connectivity index (χ0v) is 17.1. The second kappa shape index (κ2) is 8.57. The Labute approximate surface area is 170 Å². The summed E-state index contributed by atoms with van der Waals surface area (Å²) in [5.41, 5.74) is -0.513. The van der Waals surface area contributed by atoms with Crippen molar-refractivity contribution in [1.29, 1.82) is 0 Å². The van der Waals surface area contributed by atoms with Crippen LogP contribution in [0.5, 0.6) is 5.75 Å². The van der Waals surface area contributed by atoms with E-state index >= 15 is 0 Å². The van der Waals surface area contributed by atoms with E-state index in [4.69, 9.17) is 0 Å². The lowest BCUT2D eigenvalue weighted by Crippen LogP contribution is -2.53. The van der Waals surface area contributed by atoms with Gasteiger partial charge in [-0.2, -0.15) is 0 Å². The van der Waals surface area contributed by atoms with E-state index in [1.807, 2.05) is 0 Å². The molecule has 1 aromatic rings. The molecule has 0 radical (unpaired) electrons. The Morgan fingerprint density at radius 3 is 2.14 bits per heavy atom. The summed E-state index contributed by atoms with van der Waals surface area (Å²) in [6.45, 7) is 2.17. The summed E-state index contributed by atoms with van der Waals surface area (Å²) in [5, 5.41) is 10.4. The quantitative estimate of drug-likeness (QED) is 0.556. The molecule has 2 aliphatic rings. The molecule has 0 saturated heterocycles. The Balaban J connectivity index is 1.98. The van der Waals surface area contributed by atoms with Gasteiger partial charge in [-0.15, -0.1) is 13.2 Å². The third kappa shape index (κ3) is 4.41. The fourth-order valence-electron chi connectivity index (χ4n) is 5.94. The van der Waals surface area contributed by atoms with E-state index in [-0.39, 0.29) is 5.75 Å². The third-order valence-electron chi connectivity index (χ3n) is 7.33. The number of carboxylic acids is 1. The van der Waals surface area contributed by atoms with E-state index in [0.29, 0.717) is 18.8 Å². The first-order chi connectivity index (χ1) is 13.7. The van der Waals surface area contributed by atoms with Crippen molar-refractivity contribution in [3.63, 3.8) is 0 Å². The average Bonchev–Trinajstić information content (AvgIpc) is 2.69. The van der Waals surface area contributed by atoms with Crippen molar-refractivity contribution in [3.05, 3.63) is 29.8 Å². The smallest absolute Gasteiger partial charge is 0.481 e. The normalized spacial score (nSPS) is 27.4. The molecule has 0 heterocycles. The fraction of sp³-hybridized carbons (Fsp3) is 0.696. The van der Waals surface area contributed by atoms with E-state index in [9.17, 15) is 23.1 Å². The van der Waals surface area contributed by atoms with Gasteiger partial charge in [-0.05, 0) is 62.1 Å². The minimum Gasteiger partial charge on any atom is -0.481 e. The standard InChI is InChI=1S/C23H31F3O3/c1-2-6-17-11-15-21(16-12-17,22(20(27)28)13-4-3-5-14-22)18-7-9-19(10-8-18)29-23(24,25)26/h7-10,17H,2-6,11-16H2,1H3,(H,27,28). The van der Waals surface area contributed by atoms with Gasteiger partial charge < -0.3 is 9.84 Å². The first-order valence-corrected chi connectivity index (χ1v) is 10.8. The van der Waals surface area contributed by atoms with Gasteiger partial charge in [-0.25, -0.2) is 0 Å². The van der Waals surface area contributed by atoms with E-state index < -0.39 is 23.2 Å². The molecular weight excluding hydrogens is 381 g/mol. The second-order valence-corrected chi connectivity index (χ2v) is 8.83. The minimum atomic E-state index is -4.73. The minimum absolute atomic E-state index is 0.260. The van der Waals surface area contributed by atoms with Crippen LogP contribution in [0.3, 0.4) is 0 Å². The van der Waals surface area contributed by atoms with Crippen LogP contribution in [0.4, 0.5) is 13.2 Å². The Bertz CT molecular complexity index is 682. The summed E-state index contributed by atoms with van der Waals surface area (Å²) >= 11 is 0. The molecular formula is C23H31F3O3. The molecule has 2 fully saturated rings. The molecule has 0 unspecified atom stereocenters. The number of carboxylic acid groups (broad SMARTS) is 1. The number of hydrogen-bond acceptors (Lipinski definition) is 2. The molecule has 0 spiro atoms. The average molecular weight is 412 g/mol. The largest absolute Gasteiger partial charge is 0.573 e. The van der Waals surface area contributed by atoms with Gasteiger partial charge in [0.1, 0.15) is 5.75 Å². The Morgan fingerprint density at radius 2 is 1.66 bits per heavy atom. The van der Waals surface area contributed by atoms with Gasteiger partial charge in [0.25, 0.3) is 0 Å². The monoisotopic (exact) mass is 412 g/mol. The van der Waals surface area contributed by atoms with E-state index in [2.05, 4.69) is 11.7 Å². The van der Waals surface area contributed by atoms with Gasteiger partial charge in [0.2, 0.25) is 0 Å². The number of alkyl halides is 3. The molecule has 0 aromatic heterocycles. The Morgan fingerprint density at radius 1 is 1.07 bits per heavy atom. The Hall–Kier alpha value is -1.72. The first-order valence-electron chi connectivity index (χ1n) is 10.8. The predicted octanol–water partition coefficient (Wildman–Crippen LogP) is 6.85. The molecule has 6 heteroatoms. The van der Waals surface area contributed by atoms with Gasteiger partial charge in [0.05, 0.1) is 5.41 Å². The van der Waals surface area contributed by atoms with Gasteiger partial charge >= 0.3 is 12.3 Å². The summed E-state index contributed by atoms with van der Waals surface area (Å²) in [6, 6.07) is 6.00. The van der Waals surface area contributed by atoms with Gasteiger partial charge in [-0.3, -0.25) is 4.79 Å². The molecule has 2 saturated carbocycles. The highest BCUT2D eigenvalue weighted by molar-refractivity contribution is 5.77. The maximum absolute atomic E-state index is 12.6. The van der Waals surface area contributed by atoms with Crippen molar-refractivity contribution in [2.75, 3.05) is 0 Å². The van der Waals surface area contributed by atoms with Crippen LogP contribution in [0.25, 0.3) is 0 Å². The molecule has 162 valence electrons. The highest BCUT2D eigenvalue weighted by Gasteiger charge is 2.58. The molecule has 1 aromatic carbocycles. The van der Waals surface area contributed by atoms with E-state index in [1.165, 1.54) is 12.1 Å². The number of ether oxygens (including phenoxy) is 1. The van der Waals surface area contributed by atoms with Crippen LogP contribution < -0.4 is 4.74 Å². The van der Waals surface area contributed by atoms with Crippen LogP contribution in [-0.2, 0) is 10.2 Å². The van der Waals surface area contributed by atoms with Crippen LogP contribution >= 0.6 is 0 Å². The summed E-state index contributed by atoms with van der Waals surface area (Å²) in [4.78, 5) is 12.6. The van der Waals surface area contributed by atoms with Crippen LogP contribution in [0.1, 0.15) is 83.1 Å². The second-order valence-electron chi connectivity index (χ2n) is 8.83. The maximum atomic E-state index is 12.6. The molecule has 0 amide bonds. The number of carbonyl (C=O) groups is 1. The van der Waals surface area contributed by atoms with Crippen LogP contribution in [0, 0.1) is 11.3 Å².